The lowest BCUT2D eigenvalue weighted by atomic mass is 10.1. The molecule has 1 heterocycles. The number of amides is 3. The predicted molar refractivity (Wildman–Crippen MR) is 135 cm³/mol. The lowest BCUT2D eigenvalue weighted by Crippen LogP contribution is -2.49. The van der Waals surface area contributed by atoms with Crippen LogP contribution in [0.1, 0.15) is 49.0 Å². The number of likely N-dealkylation sites (N-methyl/N-ethyl adjacent to an activating group) is 1. The summed E-state index contributed by atoms with van der Waals surface area (Å²) in [6.45, 7) is 4.79. The van der Waals surface area contributed by atoms with Gasteiger partial charge in [-0.1, -0.05) is 43.3 Å². The van der Waals surface area contributed by atoms with Crippen molar-refractivity contribution in [3.05, 3.63) is 77.6 Å². The first kappa shape index (κ1) is 24.4. The molecule has 0 aliphatic carbocycles. The van der Waals surface area contributed by atoms with Crippen LogP contribution in [0.15, 0.2) is 60.7 Å². The van der Waals surface area contributed by atoms with Gasteiger partial charge < -0.3 is 15.1 Å². The summed E-state index contributed by atoms with van der Waals surface area (Å²) in [5.41, 5.74) is 2.30. The fraction of sp³-hybridized carbons (Fsp3) is 0.321. The van der Waals surface area contributed by atoms with Crippen molar-refractivity contribution in [1.82, 2.24) is 10.2 Å². The molecule has 1 atom stereocenters. The highest BCUT2D eigenvalue weighted by Gasteiger charge is 2.31. The summed E-state index contributed by atoms with van der Waals surface area (Å²) in [5, 5.41) is 4.78. The van der Waals surface area contributed by atoms with Crippen LogP contribution in [0, 0.1) is 5.82 Å². The zero-order valence-electron chi connectivity index (χ0n) is 20.1. The number of rotatable bonds is 10. The first-order valence-corrected chi connectivity index (χ1v) is 12.1. The number of carbonyl (C=O) groups excluding carboxylic acids is 3. The molecule has 0 saturated heterocycles. The van der Waals surface area contributed by atoms with E-state index >= 15 is 0 Å². The summed E-state index contributed by atoms with van der Waals surface area (Å²) in [7, 11) is 0. The SMILES string of the molecule is CCNC(=O)[C@H](CC)N(Cc1ccc(F)cc1)C(=O)CCCN1C(=O)c2cccc3cccc1c23. The van der Waals surface area contributed by atoms with E-state index in [0.29, 0.717) is 31.5 Å². The number of carbonyl (C=O) groups is 3. The smallest absolute Gasteiger partial charge is 0.258 e. The zero-order valence-corrected chi connectivity index (χ0v) is 20.1. The number of nitrogens with one attached hydrogen (secondary N) is 1. The Hall–Kier alpha value is -3.74. The molecule has 4 rings (SSSR count). The number of halogens is 1. The molecule has 1 N–H and O–H groups in total. The molecular formula is C28H30FN3O3. The minimum Gasteiger partial charge on any atom is -0.355 e. The van der Waals surface area contributed by atoms with E-state index in [0.717, 1.165) is 22.0 Å². The van der Waals surface area contributed by atoms with E-state index in [1.165, 1.54) is 12.1 Å². The fourth-order valence-electron chi connectivity index (χ4n) is 4.73. The van der Waals surface area contributed by atoms with Crippen molar-refractivity contribution in [2.75, 3.05) is 18.0 Å². The van der Waals surface area contributed by atoms with Gasteiger partial charge in [0, 0.05) is 37.0 Å². The summed E-state index contributed by atoms with van der Waals surface area (Å²) in [5.74, 6) is -0.785. The van der Waals surface area contributed by atoms with Crippen molar-refractivity contribution < 1.29 is 18.8 Å². The summed E-state index contributed by atoms with van der Waals surface area (Å²) in [6.07, 6.45) is 1.11. The topological polar surface area (TPSA) is 69.7 Å². The molecule has 0 radical (unpaired) electrons. The quantitative estimate of drug-likeness (QED) is 0.464. The maximum atomic E-state index is 13.4. The standard InChI is InChI=1S/C28H30FN3O3/c1-3-23(27(34)30-4-2)32(18-19-13-15-21(29)16-14-19)25(33)12-7-17-31-24-11-6-9-20-8-5-10-22(26(20)24)28(31)35/h5-6,8-11,13-16,23H,3-4,7,12,17-18H2,1-2H3,(H,30,34)/t23-/m0/s1. The average molecular weight is 476 g/mol. The van der Waals surface area contributed by atoms with E-state index < -0.39 is 6.04 Å². The Labute approximate surface area is 204 Å². The van der Waals surface area contributed by atoms with Gasteiger partial charge in [-0.25, -0.2) is 4.39 Å². The van der Waals surface area contributed by atoms with E-state index in [2.05, 4.69) is 5.32 Å². The molecule has 35 heavy (non-hydrogen) atoms. The van der Waals surface area contributed by atoms with Crippen LogP contribution in [0.2, 0.25) is 0 Å². The van der Waals surface area contributed by atoms with Crippen molar-refractivity contribution in [3.63, 3.8) is 0 Å². The third-order valence-electron chi connectivity index (χ3n) is 6.42. The summed E-state index contributed by atoms with van der Waals surface area (Å²) < 4.78 is 13.4. The van der Waals surface area contributed by atoms with Gasteiger partial charge in [-0.15, -0.1) is 0 Å². The van der Waals surface area contributed by atoms with Crippen LogP contribution in [0.25, 0.3) is 10.8 Å². The first-order chi connectivity index (χ1) is 16.9. The van der Waals surface area contributed by atoms with Gasteiger partial charge in [0.15, 0.2) is 0 Å². The molecule has 0 spiro atoms. The van der Waals surface area contributed by atoms with Crippen LogP contribution >= 0.6 is 0 Å². The highest BCUT2D eigenvalue weighted by Crippen LogP contribution is 2.37. The fourth-order valence-corrected chi connectivity index (χ4v) is 4.73. The van der Waals surface area contributed by atoms with Crippen molar-refractivity contribution in [2.45, 2.75) is 45.7 Å². The number of nitrogens with zero attached hydrogens (tertiary/aromatic N) is 2. The summed E-state index contributed by atoms with van der Waals surface area (Å²) in [6, 6.07) is 16.9. The van der Waals surface area contributed by atoms with Gasteiger partial charge in [-0.3, -0.25) is 14.4 Å². The van der Waals surface area contributed by atoms with Gasteiger partial charge >= 0.3 is 0 Å². The Morgan fingerprint density at radius 2 is 1.74 bits per heavy atom. The second-order valence-corrected chi connectivity index (χ2v) is 8.71. The van der Waals surface area contributed by atoms with Gasteiger partial charge in [0.2, 0.25) is 11.8 Å². The molecule has 0 saturated carbocycles. The second kappa shape index (κ2) is 10.7. The largest absolute Gasteiger partial charge is 0.355 e. The van der Waals surface area contributed by atoms with Crippen LogP contribution in [-0.4, -0.2) is 41.8 Å². The number of benzene rings is 3. The maximum Gasteiger partial charge on any atom is 0.258 e. The molecule has 3 aromatic carbocycles. The highest BCUT2D eigenvalue weighted by molar-refractivity contribution is 6.25. The van der Waals surface area contributed by atoms with Gasteiger partial charge in [-0.05, 0) is 55.0 Å². The number of anilines is 1. The Balaban J connectivity index is 1.48. The van der Waals surface area contributed by atoms with Crippen molar-refractivity contribution in [1.29, 1.82) is 0 Å². The molecule has 7 heteroatoms. The molecule has 3 aromatic rings. The van der Waals surface area contributed by atoms with Gasteiger partial charge in [-0.2, -0.15) is 0 Å². The second-order valence-electron chi connectivity index (χ2n) is 8.71. The molecule has 0 bridgehead atoms. The average Bonchev–Trinajstić information content (AvgIpc) is 3.13. The lowest BCUT2D eigenvalue weighted by Gasteiger charge is -2.31. The van der Waals surface area contributed by atoms with Crippen molar-refractivity contribution in [2.24, 2.45) is 0 Å². The first-order valence-electron chi connectivity index (χ1n) is 12.1. The van der Waals surface area contributed by atoms with Crippen molar-refractivity contribution >= 4 is 34.2 Å². The monoisotopic (exact) mass is 475 g/mol. The van der Waals surface area contributed by atoms with E-state index in [9.17, 15) is 18.8 Å². The van der Waals surface area contributed by atoms with Crippen molar-refractivity contribution in [3.8, 4) is 0 Å². The van der Waals surface area contributed by atoms with Crippen LogP contribution in [0.3, 0.4) is 0 Å². The van der Waals surface area contributed by atoms with Gasteiger partial charge in [0.05, 0.1) is 5.69 Å². The zero-order chi connectivity index (χ0) is 24.9. The van der Waals surface area contributed by atoms with Crippen LogP contribution in [-0.2, 0) is 16.1 Å². The molecule has 0 aromatic heterocycles. The maximum absolute atomic E-state index is 13.4. The van der Waals surface area contributed by atoms with E-state index in [-0.39, 0.29) is 36.5 Å². The molecule has 182 valence electrons. The van der Waals surface area contributed by atoms with E-state index in [1.54, 1.807) is 21.9 Å². The molecule has 0 unspecified atom stereocenters. The number of hydrogen-bond acceptors (Lipinski definition) is 3. The molecule has 0 fully saturated rings. The van der Waals surface area contributed by atoms with Crippen LogP contribution in [0.5, 0.6) is 0 Å². The van der Waals surface area contributed by atoms with E-state index in [1.807, 2.05) is 50.2 Å². The minimum absolute atomic E-state index is 0.0545. The van der Waals surface area contributed by atoms with Gasteiger partial charge in [0.25, 0.3) is 5.91 Å². The minimum atomic E-state index is -0.626. The third kappa shape index (κ3) is 5.04. The predicted octanol–water partition coefficient (Wildman–Crippen LogP) is 4.66. The summed E-state index contributed by atoms with van der Waals surface area (Å²) >= 11 is 0. The molecule has 3 amide bonds. The Morgan fingerprint density at radius 3 is 2.43 bits per heavy atom. The van der Waals surface area contributed by atoms with Crippen LogP contribution < -0.4 is 10.2 Å². The highest BCUT2D eigenvalue weighted by atomic mass is 19.1. The number of hydrogen-bond donors (Lipinski definition) is 1. The van der Waals surface area contributed by atoms with E-state index in [4.69, 9.17) is 0 Å². The lowest BCUT2D eigenvalue weighted by molar-refractivity contribution is -0.141. The molecule has 1 aliphatic heterocycles. The van der Waals surface area contributed by atoms with Gasteiger partial charge in [0.1, 0.15) is 11.9 Å². The normalized spacial score (nSPS) is 13.2. The Kier molecular flexibility index (Phi) is 7.44. The molecule has 6 nitrogen and oxygen atoms in total. The summed E-state index contributed by atoms with van der Waals surface area (Å²) in [4.78, 5) is 42.4. The Morgan fingerprint density at radius 1 is 1.03 bits per heavy atom. The molecule has 1 aliphatic rings. The third-order valence-corrected chi connectivity index (χ3v) is 6.42. The Bertz CT molecular complexity index is 1240. The molecular weight excluding hydrogens is 445 g/mol. The van der Waals surface area contributed by atoms with Crippen LogP contribution in [0.4, 0.5) is 10.1 Å².